The number of hydrogen-bond acceptors (Lipinski definition) is 4. The van der Waals surface area contributed by atoms with Gasteiger partial charge in [-0.15, -0.1) is 0 Å². The van der Waals surface area contributed by atoms with E-state index >= 15 is 0 Å². The van der Waals surface area contributed by atoms with Gasteiger partial charge in [-0.3, -0.25) is 19.6 Å². The maximum Gasteiger partial charge on any atom is 0.261 e. The van der Waals surface area contributed by atoms with Crippen molar-refractivity contribution in [2.24, 2.45) is 0 Å². The fourth-order valence-corrected chi connectivity index (χ4v) is 3.11. The molecule has 1 aliphatic rings. The van der Waals surface area contributed by atoms with E-state index in [1.54, 1.807) is 0 Å². The summed E-state index contributed by atoms with van der Waals surface area (Å²) in [6.07, 6.45) is 0. The summed E-state index contributed by atoms with van der Waals surface area (Å²) in [6, 6.07) is 8.32. The summed E-state index contributed by atoms with van der Waals surface area (Å²) in [6.45, 7) is 0. The number of nitrogens with one attached hydrogen (secondary N) is 2. The van der Waals surface area contributed by atoms with Crippen LogP contribution in [0.15, 0.2) is 47.4 Å². The molecule has 8 heteroatoms. The minimum atomic E-state index is -3.91. The minimum absolute atomic E-state index is 0.101. The molecule has 0 bridgehead atoms. The van der Waals surface area contributed by atoms with Gasteiger partial charge in [-0.1, -0.05) is 0 Å². The van der Waals surface area contributed by atoms with Crippen LogP contribution in [0.5, 0.6) is 0 Å². The lowest BCUT2D eigenvalue weighted by atomic mass is 10.1. The Balaban J connectivity index is 1.93. The molecule has 0 aromatic heterocycles. The standard InChI is InChI=1S/C14H9FN2O4S/c15-8-1-4-10(5-2-8)22(20,21)17-9-3-6-11-12(7-9)14(19)16-13(11)18/h1-7,17H,(H,16,18,19). The number of fused-ring (bicyclic) bond motifs is 1. The Labute approximate surface area is 125 Å². The lowest BCUT2D eigenvalue weighted by Gasteiger charge is -2.08. The van der Waals surface area contributed by atoms with Crippen LogP contribution in [0.25, 0.3) is 0 Å². The second-order valence-electron chi connectivity index (χ2n) is 4.60. The maximum absolute atomic E-state index is 12.8. The molecule has 0 fully saturated rings. The van der Waals surface area contributed by atoms with Crippen molar-refractivity contribution in [2.75, 3.05) is 4.72 Å². The number of imide groups is 1. The number of carbonyl (C=O) groups is 2. The monoisotopic (exact) mass is 320 g/mol. The molecule has 112 valence electrons. The summed E-state index contributed by atoms with van der Waals surface area (Å²) in [7, 11) is -3.91. The molecule has 1 heterocycles. The van der Waals surface area contributed by atoms with E-state index in [0.717, 1.165) is 24.3 Å². The zero-order chi connectivity index (χ0) is 15.9. The zero-order valence-corrected chi connectivity index (χ0v) is 11.8. The molecular formula is C14H9FN2O4S. The summed E-state index contributed by atoms with van der Waals surface area (Å²) in [5.41, 5.74) is 0.423. The average molecular weight is 320 g/mol. The molecule has 1 aliphatic heterocycles. The first-order chi connectivity index (χ1) is 10.4. The number of halogens is 1. The van der Waals surface area contributed by atoms with Crippen molar-refractivity contribution in [3.05, 3.63) is 59.4 Å². The Hall–Kier alpha value is -2.74. The van der Waals surface area contributed by atoms with Gasteiger partial charge in [0.15, 0.2) is 0 Å². The number of benzene rings is 2. The maximum atomic E-state index is 12.8. The highest BCUT2D eigenvalue weighted by molar-refractivity contribution is 7.92. The topological polar surface area (TPSA) is 92.3 Å². The highest BCUT2D eigenvalue weighted by Crippen LogP contribution is 2.22. The second-order valence-corrected chi connectivity index (χ2v) is 6.29. The van der Waals surface area contributed by atoms with Gasteiger partial charge in [0, 0.05) is 5.69 Å². The lowest BCUT2D eigenvalue weighted by molar-refractivity contribution is 0.0879. The normalized spacial score (nSPS) is 13.7. The molecule has 6 nitrogen and oxygen atoms in total. The van der Waals surface area contributed by atoms with Crippen LogP contribution in [-0.4, -0.2) is 20.2 Å². The van der Waals surface area contributed by atoms with Crippen molar-refractivity contribution in [3.63, 3.8) is 0 Å². The first-order valence-corrected chi connectivity index (χ1v) is 7.63. The van der Waals surface area contributed by atoms with Crippen molar-refractivity contribution in [1.82, 2.24) is 5.32 Å². The summed E-state index contributed by atoms with van der Waals surface area (Å²) in [5.74, 6) is -1.65. The Bertz CT molecular complexity index is 892. The molecule has 3 rings (SSSR count). The average Bonchev–Trinajstić information content (AvgIpc) is 2.74. The van der Waals surface area contributed by atoms with Crippen LogP contribution in [0.1, 0.15) is 20.7 Å². The summed E-state index contributed by atoms with van der Waals surface area (Å²) >= 11 is 0. The molecule has 2 N–H and O–H groups in total. The Morgan fingerprint density at radius 2 is 1.55 bits per heavy atom. The largest absolute Gasteiger partial charge is 0.288 e. The predicted octanol–water partition coefficient (Wildman–Crippen LogP) is 1.51. The smallest absolute Gasteiger partial charge is 0.261 e. The molecule has 2 aromatic rings. The molecule has 0 unspecified atom stereocenters. The molecule has 0 atom stereocenters. The highest BCUT2D eigenvalue weighted by Gasteiger charge is 2.27. The van der Waals surface area contributed by atoms with Crippen LogP contribution in [0.3, 0.4) is 0 Å². The second kappa shape index (κ2) is 4.92. The molecular weight excluding hydrogens is 311 g/mol. The van der Waals surface area contributed by atoms with Gasteiger partial charge in [-0.2, -0.15) is 0 Å². The first kappa shape index (κ1) is 14.2. The number of rotatable bonds is 3. The number of sulfonamides is 1. The van der Waals surface area contributed by atoms with Crippen molar-refractivity contribution >= 4 is 27.5 Å². The summed E-state index contributed by atoms with van der Waals surface area (Å²) < 4.78 is 39.4. The minimum Gasteiger partial charge on any atom is -0.288 e. The summed E-state index contributed by atoms with van der Waals surface area (Å²) in [5, 5.41) is 2.11. The Morgan fingerprint density at radius 3 is 2.23 bits per heavy atom. The van der Waals surface area contributed by atoms with Gasteiger partial charge < -0.3 is 0 Å². The highest BCUT2D eigenvalue weighted by atomic mass is 32.2. The molecule has 22 heavy (non-hydrogen) atoms. The van der Waals surface area contributed by atoms with Crippen molar-refractivity contribution < 1.29 is 22.4 Å². The fraction of sp³-hybridized carbons (Fsp3) is 0. The Kier molecular flexibility index (Phi) is 3.18. The van der Waals surface area contributed by atoms with Gasteiger partial charge in [0.1, 0.15) is 5.82 Å². The molecule has 0 radical (unpaired) electrons. The van der Waals surface area contributed by atoms with E-state index in [9.17, 15) is 22.4 Å². The molecule has 2 amide bonds. The van der Waals surface area contributed by atoms with E-state index in [4.69, 9.17) is 0 Å². The Morgan fingerprint density at radius 1 is 0.909 bits per heavy atom. The third-order valence-electron chi connectivity index (χ3n) is 3.11. The van der Waals surface area contributed by atoms with Crippen LogP contribution >= 0.6 is 0 Å². The van der Waals surface area contributed by atoms with Crippen molar-refractivity contribution in [1.29, 1.82) is 0 Å². The van der Waals surface area contributed by atoms with Gasteiger partial charge in [0.2, 0.25) is 0 Å². The van der Waals surface area contributed by atoms with Gasteiger partial charge in [0.25, 0.3) is 21.8 Å². The predicted molar refractivity (Wildman–Crippen MR) is 75.4 cm³/mol. The van der Waals surface area contributed by atoms with Gasteiger partial charge in [-0.05, 0) is 42.5 Å². The van der Waals surface area contributed by atoms with E-state index in [-0.39, 0.29) is 21.7 Å². The van der Waals surface area contributed by atoms with Crippen LogP contribution in [-0.2, 0) is 10.0 Å². The van der Waals surface area contributed by atoms with E-state index in [1.807, 2.05) is 0 Å². The van der Waals surface area contributed by atoms with Crippen LogP contribution < -0.4 is 10.0 Å². The number of carbonyl (C=O) groups excluding carboxylic acids is 2. The molecule has 0 aliphatic carbocycles. The van der Waals surface area contributed by atoms with Crippen LogP contribution in [0.2, 0.25) is 0 Å². The van der Waals surface area contributed by atoms with Gasteiger partial charge in [0.05, 0.1) is 16.0 Å². The van der Waals surface area contributed by atoms with Crippen LogP contribution in [0.4, 0.5) is 10.1 Å². The molecule has 0 spiro atoms. The fourth-order valence-electron chi connectivity index (χ4n) is 2.06. The van der Waals surface area contributed by atoms with E-state index in [2.05, 4.69) is 10.0 Å². The molecule has 0 saturated carbocycles. The van der Waals surface area contributed by atoms with Crippen molar-refractivity contribution in [3.8, 4) is 0 Å². The number of amides is 2. The van der Waals surface area contributed by atoms with E-state index in [0.29, 0.717) is 0 Å². The van der Waals surface area contributed by atoms with Crippen molar-refractivity contribution in [2.45, 2.75) is 4.90 Å². The third-order valence-corrected chi connectivity index (χ3v) is 4.51. The van der Waals surface area contributed by atoms with Gasteiger partial charge >= 0.3 is 0 Å². The number of anilines is 1. The number of hydrogen-bond donors (Lipinski definition) is 2. The SMILES string of the molecule is O=C1NC(=O)c2cc(NS(=O)(=O)c3ccc(F)cc3)ccc21. The summed E-state index contributed by atoms with van der Waals surface area (Å²) in [4.78, 5) is 22.9. The first-order valence-electron chi connectivity index (χ1n) is 6.15. The zero-order valence-electron chi connectivity index (χ0n) is 11.0. The van der Waals surface area contributed by atoms with Gasteiger partial charge in [-0.25, -0.2) is 12.8 Å². The lowest BCUT2D eigenvalue weighted by Crippen LogP contribution is -2.19. The van der Waals surface area contributed by atoms with Crippen LogP contribution in [0, 0.1) is 5.82 Å². The van der Waals surface area contributed by atoms with E-state index < -0.39 is 27.7 Å². The molecule has 2 aromatic carbocycles. The quantitative estimate of drug-likeness (QED) is 0.839. The molecule has 0 saturated heterocycles. The third kappa shape index (κ3) is 2.44. The van der Waals surface area contributed by atoms with E-state index in [1.165, 1.54) is 18.2 Å².